The normalized spacial score (nSPS) is 14.4. The fraction of sp³-hybridized carbons (Fsp3) is 0.556. The van der Waals surface area contributed by atoms with Gasteiger partial charge in [0.05, 0.1) is 18.5 Å². The van der Waals surface area contributed by atoms with Gasteiger partial charge in [-0.3, -0.25) is 4.98 Å². The minimum Gasteiger partial charge on any atom is -0.393 e. The number of aliphatic hydroxyl groups excluding tert-OH is 1. The third-order valence-electron chi connectivity index (χ3n) is 1.87. The molecule has 0 aliphatic carbocycles. The standard InChI is InChI=1S/C9H17N5O/c1-6(3-7(2)15)12-8-4-11-5-9(13-8)14-10/h4-7,15H,3,10H2,1-2H3,(H2,12,13,14). The van der Waals surface area contributed by atoms with Gasteiger partial charge in [0.25, 0.3) is 0 Å². The number of aliphatic hydroxyl groups is 1. The second kappa shape index (κ2) is 5.47. The first-order chi connectivity index (χ1) is 7.11. The van der Waals surface area contributed by atoms with Crippen molar-refractivity contribution < 1.29 is 5.11 Å². The van der Waals surface area contributed by atoms with Crippen LogP contribution in [-0.4, -0.2) is 27.2 Å². The molecule has 2 atom stereocenters. The zero-order valence-electron chi connectivity index (χ0n) is 8.94. The Balaban J connectivity index is 2.55. The number of rotatable bonds is 5. The van der Waals surface area contributed by atoms with E-state index in [1.54, 1.807) is 13.1 Å². The maximum Gasteiger partial charge on any atom is 0.160 e. The highest BCUT2D eigenvalue weighted by Gasteiger charge is 2.06. The summed E-state index contributed by atoms with van der Waals surface area (Å²) >= 11 is 0. The number of aromatic nitrogens is 2. The quantitative estimate of drug-likeness (QED) is 0.414. The van der Waals surface area contributed by atoms with E-state index < -0.39 is 0 Å². The Kier molecular flexibility index (Phi) is 4.26. The fourth-order valence-corrected chi connectivity index (χ4v) is 1.33. The first kappa shape index (κ1) is 11.7. The molecule has 0 radical (unpaired) electrons. The Labute approximate surface area is 88.9 Å². The molecule has 0 saturated carbocycles. The number of anilines is 2. The Morgan fingerprint density at radius 3 is 2.67 bits per heavy atom. The molecule has 1 aromatic heterocycles. The summed E-state index contributed by atoms with van der Waals surface area (Å²) in [6.45, 7) is 3.72. The molecule has 2 unspecified atom stereocenters. The van der Waals surface area contributed by atoms with E-state index in [0.29, 0.717) is 18.1 Å². The molecular formula is C9H17N5O. The number of hydrazine groups is 1. The van der Waals surface area contributed by atoms with Crippen LogP contribution >= 0.6 is 0 Å². The van der Waals surface area contributed by atoms with Gasteiger partial charge in [-0.25, -0.2) is 10.8 Å². The summed E-state index contributed by atoms with van der Waals surface area (Å²) in [7, 11) is 0. The summed E-state index contributed by atoms with van der Waals surface area (Å²) in [5.41, 5.74) is 2.42. The molecule has 0 fully saturated rings. The van der Waals surface area contributed by atoms with Crippen LogP contribution < -0.4 is 16.6 Å². The highest BCUT2D eigenvalue weighted by atomic mass is 16.3. The van der Waals surface area contributed by atoms with Crippen molar-refractivity contribution in [2.75, 3.05) is 10.7 Å². The molecule has 1 heterocycles. The van der Waals surface area contributed by atoms with Crippen LogP contribution in [0, 0.1) is 0 Å². The van der Waals surface area contributed by atoms with Gasteiger partial charge in [-0.2, -0.15) is 0 Å². The van der Waals surface area contributed by atoms with E-state index in [9.17, 15) is 5.11 Å². The van der Waals surface area contributed by atoms with Crippen molar-refractivity contribution in [1.82, 2.24) is 9.97 Å². The van der Waals surface area contributed by atoms with Crippen molar-refractivity contribution >= 4 is 11.6 Å². The molecule has 0 aliphatic rings. The van der Waals surface area contributed by atoms with Crippen LogP contribution in [0.2, 0.25) is 0 Å². The van der Waals surface area contributed by atoms with E-state index >= 15 is 0 Å². The Bertz CT molecular complexity index is 304. The van der Waals surface area contributed by atoms with Gasteiger partial charge < -0.3 is 15.8 Å². The number of nitrogens with zero attached hydrogens (tertiary/aromatic N) is 2. The second-order valence-corrected chi connectivity index (χ2v) is 3.56. The van der Waals surface area contributed by atoms with Crippen molar-refractivity contribution in [2.45, 2.75) is 32.4 Å². The summed E-state index contributed by atoms with van der Waals surface area (Å²) in [5.74, 6) is 6.35. The van der Waals surface area contributed by atoms with Crippen LogP contribution in [0.25, 0.3) is 0 Å². The van der Waals surface area contributed by atoms with Gasteiger partial charge in [-0.05, 0) is 20.3 Å². The molecule has 0 spiro atoms. The topological polar surface area (TPSA) is 96.1 Å². The molecule has 0 amide bonds. The molecule has 1 rings (SSSR count). The van der Waals surface area contributed by atoms with Crippen molar-refractivity contribution in [3.63, 3.8) is 0 Å². The average Bonchev–Trinajstić information content (AvgIpc) is 2.16. The largest absolute Gasteiger partial charge is 0.393 e. The maximum atomic E-state index is 9.19. The first-order valence-corrected chi connectivity index (χ1v) is 4.85. The Hall–Kier alpha value is -1.40. The van der Waals surface area contributed by atoms with E-state index in [0.717, 1.165) is 0 Å². The van der Waals surface area contributed by atoms with Gasteiger partial charge >= 0.3 is 0 Å². The summed E-state index contributed by atoms with van der Waals surface area (Å²) < 4.78 is 0. The summed E-state index contributed by atoms with van der Waals surface area (Å²) in [6, 6.07) is 0.132. The molecule has 6 heteroatoms. The van der Waals surface area contributed by atoms with Gasteiger partial charge in [0, 0.05) is 6.04 Å². The average molecular weight is 211 g/mol. The summed E-state index contributed by atoms with van der Waals surface area (Å²) in [5, 5.41) is 12.3. The van der Waals surface area contributed by atoms with Crippen molar-refractivity contribution in [3.05, 3.63) is 12.4 Å². The molecule has 5 N–H and O–H groups in total. The molecule has 0 saturated heterocycles. The predicted molar refractivity (Wildman–Crippen MR) is 59.2 cm³/mol. The molecule has 84 valence electrons. The smallest absolute Gasteiger partial charge is 0.160 e. The molecule has 6 nitrogen and oxygen atoms in total. The number of hydrogen-bond acceptors (Lipinski definition) is 6. The lowest BCUT2D eigenvalue weighted by molar-refractivity contribution is 0.179. The van der Waals surface area contributed by atoms with Crippen molar-refractivity contribution in [1.29, 1.82) is 0 Å². The van der Waals surface area contributed by atoms with Gasteiger partial charge in [-0.1, -0.05) is 0 Å². The number of nitrogens with one attached hydrogen (secondary N) is 2. The third-order valence-corrected chi connectivity index (χ3v) is 1.87. The number of hydrogen-bond donors (Lipinski definition) is 4. The van der Waals surface area contributed by atoms with Crippen LogP contribution in [-0.2, 0) is 0 Å². The monoisotopic (exact) mass is 211 g/mol. The van der Waals surface area contributed by atoms with Crippen LogP contribution in [0.1, 0.15) is 20.3 Å². The molecular weight excluding hydrogens is 194 g/mol. The number of nitrogen functional groups attached to an aromatic ring is 1. The molecule has 1 aromatic rings. The van der Waals surface area contributed by atoms with Crippen LogP contribution in [0.3, 0.4) is 0 Å². The van der Waals surface area contributed by atoms with Crippen molar-refractivity contribution in [3.8, 4) is 0 Å². The molecule has 15 heavy (non-hydrogen) atoms. The highest BCUT2D eigenvalue weighted by molar-refractivity contribution is 5.41. The molecule has 0 aliphatic heterocycles. The second-order valence-electron chi connectivity index (χ2n) is 3.56. The van der Waals surface area contributed by atoms with Gasteiger partial charge in [-0.15, -0.1) is 0 Å². The Morgan fingerprint density at radius 1 is 1.40 bits per heavy atom. The van der Waals surface area contributed by atoms with Crippen LogP contribution in [0.15, 0.2) is 12.4 Å². The zero-order valence-corrected chi connectivity index (χ0v) is 8.94. The van der Waals surface area contributed by atoms with Crippen LogP contribution in [0.5, 0.6) is 0 Å². The lowest BCUT2D eigenvalue weighted by Gasteiger charge is -2.15. The fourth-order valence-electron chi connectivity index (χ4n) is 1.33. The first-order valence-electron chi connectivity index (χ1n) is 4.85. The van der Waals surface area contributed by atoms with E-state index in [-0.39, 0.29) is 12.1 Å². The lowest BCUT2D eigenvalue weighted by Crippen LogP contribution is -2.21. The van der Waals surface area contributed by atoms with Crippen molar-refractivity contribution in [2.24, 2.45) is 5.84 Å². The van der Waals surface area contributed by atoms with Gasteiger partial charge in [0.15, 0.2) is 5.82 Å². The van der Waals surface area contributed by atoms with Gasteiger partial charge in [0.2, 0.25) is 0 Å². The predicted octanol–water partition coefficient (Wildman–Crippen LogP) is 0.333. The van der Waals surface area contributed by atoms with E-state index in [4.69, 9.17) is 5.84 Å². The molecule has 0 bridgehead atoms. The minimum atomic E-state index is -0.337. The number of nitrogens with two attached hydrogens (primary N) is 1. The maximum absolute atomic E-state index is 9.19. The zero-order chi connectivity index (χ0) is 11.3. The minimum absolute atomic E-state index is 0.132. The van der Waals surface area contributed by atoms with E-state index in [2.05, 4.69) is 20.7 Å². The third kappa shape index (κ3) is 4.09. The Morgan fingerprint density at radius 2 is 2.07 bits per heavy atom. The lowest BCUT2D eigenvalue weighted by atomic mass is 10.1. The van der Waals surface area contributed by atoms with E-state index in [1.165, 1.54) is 6.20 Å². The summed E-state index contributed by atoms with van der Waals surface area (Å²) in [4.78, 5) is 8.10. The highest BCUT2D eigenvalue weighted by Crippen LogP contribution is 2.09. The SMILES string of the molecule is CC(O)CC(C)Nc1cncc(NN)n1. The van der Waals surface area contributed by atoms with Gasteiger partial charge in [0.1, 0.15) is 5.82 Å². The van der Waals surface area contributed by atoms with Crippen LogP contribution in [0.4, 0.5) is 11.6 Å². The molecule has 0 aromatic carbocycles. The van der Waals surface area contributed by atoms with E-state index in [1.807, 2.05) is 6.92 Å². The summed E-state index contributed by atoms with van der Waals surface area (Å²) in [6.07, 6.45) is 3.46.